The van der Waals surface area contributed by atoms with Crippen LogP contribution in [0.3, 0.4) is 0 Å². The van der Waals surface area contributed by atoms with E-state index < -0.39 is 10.0 Å². The molecule has 0 aromatic carbocycles. The molecule has 1 aliphatic rings. The van der Waals surface area contributed by atoms with Gasteiger partial charge in [0.05, 0.1) is 3.79 Å². The molecule has 108 valence electrons. The van der Waals surface area contributed by atoms with Crippen LogP contribution in [0.25, 0.3) is 0 Å². The van der Waals surface area contributed by atoms with Crippen LogP contribution in [0.4, 0.5) is 0 Å². The summed E-state index contributed by atoms with van der Waals surface area (Å²) in [5, 5.41) is 9.57. The Morgan fingerprint density at radius 2 is 2.00 bits per heavy atom. The largest absolute Gasteiger partial charge is 0.396 e. The second-order valence-electron chi connectivity index (χ2n) is 5.10. The normalized spacial score (nSPS) is 19.5. The fourth-order valence-electron chi connectivity index (χ4n) is 2.45. The van der Waals surface area contributed by atoms with Crippen molar-refractivity contribution in [1.82, 2.24) is 4.72 Å². The number of nitrogens with one attached hydrogen (secondary N) is 1. The molecule has 0 atom stereocenters. The van der Waals surface area contributed by atoms with Crippen LogP contribution in [-0.2, 0) is 10.0 Å². The summed E-state index contributed by atoms with van der Waals surface area (Å²) < 4.78 is 28.0. The topological polar surface area (TPSA) is 66.4 Å². The van der Waals surface area contributed by atoms with Crippen LogP contribution in [0.15, 0.2) is 20.1 Å². The molecule has 0 bridgehead atoms. The molecular weight excluding hydrogens is 350 g/mol. The summed E-state index contributed by atoms with van der Waals surface area (Å²) in [6.07, 6.45) is 5.08. The Morgan fingerprint density at radius 1 is 1.32 bits per heavy atom. The molecule has 7 heteroatoms. The first kappa shape index (κ1) is 15.4. The van der Waals surface area contributed by atoms with E-state index >= 15 is 0 Å². The van der Waals surface area contributed by atoms with Crippen molar-refractivity contribution < 1.29 is 13.5 Å². The van der Waals surface area contributed by atoms with E-state index in [1.807, 2.05) is 0 Å². The highest BCUT2D eigenvalue weighted by atomic mass is 79.9. The molecule has 1 aliphatic carbocycles. The van der Waals surface area contributed by atoms with Crippen molar-refractivity contribution in [3.8, 4) is 0 Å². The van der Waals surface area contributed by atoms with E-state index in [2.05, 4.69) is 20.7 Å². The van der Waals surface area contributed by atoms with E-state index in [-0.39, 0.29) is 12.0 Å². The first-order chi connectivity index (χ1) is 8.97. The van der Waals surface area contributed by atoms with Crippen molar-refractivity contribution in [2.24, 2.45) is 5.41 Å². The third-order valence-electron chi connectivity index (χ3n) is 3.70. The van der Waals surface area contributed by atoms with Gasteiger partial charge in [-0.1, -0.05) is 19.3 Å². The minimum absolute atomic E-state index is 0.0453. The monoisotopic (exact) mass is 367 g/mol. The Balaban J connectivity index is 2.04. The van der Waals surface area contributed by atoms with Gasteiger partial charge in [0.25, 0.3) is 0 Å². The number of aliphatic hydroxyl groups excluding tert-OH is 1. The van der Waals surface area contributed by atoms with Crippen molar-refractivity contribution in [2.45, 2.75) is 36.3 Å². The lowest BCUT2D eigenvalue weighted by atomic mass is 9.75. The van der Waals surface area contributed by atoms with Crippen LogP contribution < -0.4 is 4.72 Å². The zero-order chi connectivity index (χ0) is 13.9. The van der Waals surface area contributed by atoms with Gasteiger partial charge in [-0.25, -0.2) is 13.1 Å². The highest BCUT2D eigenvalue weighted by molar-refractivity contribution is 9.11. The second-order valence-corrected chi connectivity index (χ2v) is 9.56. The molecule has 0 radical (unpaired) electrons. The quantitative estimate of drug-likeness (QED) is 0.840. The highest BCUT2D eigenvalue weighted by Crippen LogP contribution is 2.35. The van der Waals surface area contributed by atoms with Gasteiger partial charge >= 0.3 is 0 Å². The fourth-order valence-corrected chi connectivity index (χ4v) is 5.67. The number of sulfonamides is 1. The minimum Gasteiger partial charge on any atom is -0.396 e. The number of hydrogen-bond acceptors (Lipinski definition) is 4. The van der Waals surface area contributed by atoms with Gasteiger partial charge in [0, 0.05) is 18.6 Å². The van der Waals surface area contributed by atoms with Gasteiger partial charge in [0.1, 0.15) is 4.21 Å². The lowest BCUT2D eigenvalue weighted by Gasteiger charge is -2.35. The second kappa shape index (κ2) is 6.22. The molecule has 1 fully saturated rings. The summed E-state index contributed by atoms with van der Waals surface area (Å²) in [5.74, 6) is 0. The molecule has 1 heterocycles. The van der Waals surface area contributed by atoms with Crippen LogP contribution in [0, 0.1) is 5.41 Å². The smallest absolute Gasteiger partial charge is 0.250 e. The molecule has 2 N–H and O–H groups in total. The molecule has 1 aromatic rings. The zero-order valence-electron chi connectivity index (χ0n) is 10.6. The van der Waals surface area contributed by atoms with Crippen molar-refractivity contribution >= 4 is 37.3 Å². The molecule has 4 nitrogen and oxygen atoms in total. The standard InChI is InChI=1S/C12H18BrNO3S2/c13-10-4-5-11(18-10)19(16,17)14-8-12(9-15)6-2-1-3-7-12/h4-5,14-15H,1-3,6-9H2. The van der Waals surface area contributed by atoms with Gasteiger partial charge in [0.15, 0.2) is 0 Å². The predicted molar refractivity (Wildman–Crippen MR) is 79.8 cm³/mol. The first-order valence-corrected chi connectivity index (χ1v) is 9.43. The van der Waals surface area contributed by atoms with E-state index in [4.69, 9.17) is 0 Å². The third kappa shape index (κ3) is 3.78. The van der Waals surface area contributed by atoms with E-state index in [0.717, 1.165) is 29.5 Å². The van der Waals surface area contributed by atoms with Crippen LogP contribution in [-0.4, -0.2) is 26.7 Å². The van der Waals surface area contributed by atoms with Crippen molar-refractivity contribution in [3.05, 3.63) is 15.9 Å². The molecule has 0 spiro atoms. The molecule has 19 heavy (non-hydrogen) atoms. The van der Waals surface area contributed by atoms with E-state index in [1.165, 1.54) is 17.8 Å². The Labute approximate surface area is 126 Å². The Kier molecular flexibility index (Phi) is 5.05. The van der Waals surface area contributed by atoms with E-state index in [0.29, 0.717) is 10.8 Å². The van der Waals surface area contributed by atoms with Crippen LogP contribution in [0.1, 0.15) is 32.1 Å². The summed E-state index contributed by atoms with van der Waals surface area (Å²) in [6.45, 7) is 0.366. The zero-order valence-corrected chi connectivity index (χ0v) is 13.8. The van der Waals surface area contributed by atoms with Gasteiger partial charge in [-0.15, -0.1) is 11.3 Å². The number of hydrogen-bond donors (Lipinski definition) is 2. The maximum Gasteiger partial charge on any atom is 0.250 e. The molecule has 0 aliphatic heterocycles. The molecule has 1 aromatic heterocycles. The molecular formula is C12H18BrNO3S2. The summed E-state index contributed by atoms with van der Waals surface area (Å²) in [6, 6.07) is 3.31. The Hall–Kier alpha value is 0.0500. The first-order valence-electron chi connectivity index (χ1n) is 6.33. The molecule has 0 amide bonds. The summed E-state index contributed by atoms with van der Waals surface area (Å²) in [7, 11) is -3.46. The molecule has 0 unspecified atom stereocenters. The molecule has 1 saturated carbocycles. The van der Waals surface area contributed by atoms with E-state index in [9.17, 15) is 13.5 Å². The maximum absolute atomic E-state index is 12.1. The summed E-state index contributed by atoms with van der Waals surface area (Å²) in [4.78, 5) is 0. The Bertz CT molecular complexity index is 521. The predicted octanol–water partition coefficient (Wildman–Crippen LogP) is 2.73. The van der Waals surface area contributed by atoms with Gasteiger partial charge in [0.2, 0.25) is 10.0 Å². The summed E-state index contributed by atoms with van der Waals surface area (Å²) in [5.41, 5.74) is -0.278. The third-order valence-corrected chi connectivity index (χ3v) is 7.22. The van der Waals surface area contributed by atoms with Gasteiger partial charge in [-0.3, -0.25) is 0 Å². The van der Waals surface area contributed by atoms with Crippen molar-refractivity contribution in [3.63, 3.8) is 0 Å². The van der Waals surface area contributed by atoms with Crippen molar-refractivity contribution in [2.75, 3.05) is 13.2 Å². The van der Waals surface area contributed by atoms with Crippen LogP contribution >= 0.6 is 27.3 Å². The SMILES string of the molecule is O=S(=O)(NCC1(CO)CCCCC1)c1ccc(Br)s1. The number of halogens is 1. The lowest BCUT2D eigenvalue weighted by Crippen LogP contribution is -2.41. The minimum atomic E-state index is -3.46. The van der Waals surface area contributed by atoms with Gasteiger partial charge in [-0.05, 0) is 40.9 Å². The van der Waals surface area contributed by atoms with Gasteiger partial charge < -0.3 is 5.11 Å². The van der Waals surface area contributed by atoms with Crippen molar-refractivity contribution in [1.29, 1.82) is 0 Å². The van der Waals surface area contributed by atoms with E-state index in [1.54, 1.807) is 12.1 Å². The number of thiophene rings is 1. The lowest BCUT2D eigenvalue weighted by molar-refractivity contribution is 0.0867. The fraction of sp³-hybridized carbons (Fsp3) is 0.667. The number of aliphatic hydroxyl groups is 1. The van der Waals surface area contributed by atoms with Crippen LogP contribution in [0.5, 0.6) is 0 Å². The highest BCUT2D eigenvalue weighted by Gasteiger charge is 2.33. The molecule has 2 rings (SSSR count). The van der Waals surface area contributed by atoms with Gasteiger partial charge in [-0.2, -0.15) is 0 Å². The number of rotatable bonds is 5. The average molecular weight is 368 g/mol. The molecule has 0 saturated heterocycles. The average Bonchev–Trinajstić information content (AvgIpc) is 2.85. The summed E-state index contributed by atoms with van der Waals surface area (Å²) >= 11 is 4.45. The Morgan fingerprint density at radius 3 is 2.53 bits per heavy atom. The van der Waals surface area contributed by atoms with Crippen LogP contribution in [0.2, 0.25) is 0 Å². The maximum atomic E-state index is 12.1.